The molecular formula is C9H12N2O2. The van der Waals surface area contributed by atoms with Crippen molar-refractivity contribution < 1.29 is 9.57 Å². The number of rotatable bonds is 4. The molecule has 0 bridgehead atoms. The number of pyridine rings is 1. The number of hydrogen-bond donors (Lipinski definition) is 0. The summed E-state index contributed by atoms with van der Waals surface area (Å²) < 4.78 is 0.723. The Kier molecular flexibility index (Phi) is 3.75. The van der Waals surface area contributed by atoms with E-state index in [4.69, 9.17) is 4.84 Å². The van der Waals surface area contributed by atoms with Gasteiger partial charge in [-0.15, -0.1) is 0 Å². The third-order valence-corrected chi connectivity index (χ3v) is 1.37. The molecule has 0 unspecified atom stereocenters. The summed E-state index contributed by atoms with van der Waals surface area (Å²) in [4.78, 5) is 4.88. The van der Waals surface area contributed by atoms with E-state index < -0.39 is 0 Å². The van der Waals surface area contributed by atoms with Gasteiger partial charge in [0.2, 0.25) is 0 Å². The summed E-state index contributed by atoms with van der Waals surface area (Å²) in [7, 11) is 0. The van der Waals surface area contributed by atoms with Crippen molar-refractivity contribution in [3.05, 3.63) is 35.3 Å². The minimum Gasteiger partial charge on any atom is -0.619 e. The molecule has 70 valence electrons. The van der Waals surface area contributed by atoms with Gasteiger partial charge in [-0.05, 0) is 12.5 Å². The quantitative estimate of drug-likeness (QED) is 0.229. The highest BCUT2D eigenvalue weighted by atomic mass is 16.6. The fourth-order valence-corrected chi connectivity index (χ4v) is 0.790. The van der Waals surface area contributed by atoms with Crippen LogP contribution in [-0.2, 0) is 4.84 Å². The van der Waals surface area contributed by atoms with Gasteiger partial charge in [-0.1, -0.05) is 12.1 Å². The Hall–Kier alpha value is -1.58. The zero-order valence-electron chi connectivity index (χ0n) is 7.51. The van der Waals surface area contributed by atoms with Crippen LogP contribution in [0.2, 0.25) is 0 Å². The van der Waals surface area contributed by atoms with Crippen molar-refractivity contribution in [3.63, 3.8) is 0 Å². The number of oxime groups is 1. The number of hydrogen-bond acceptors (Lipinski definition) is 3. The topological polar surface area (TPSA) is 48.5 Å². The summed E-state index contributed by atoms with van der Waals surface area (Å²) in [6, 6.07) is 3.45. The first kappa shape index (κ1) is 9.51. The molecule has 0 atom stereocenters. The molecule has 0 aromatic carbocycles. The van der Waals surface area contributed by atoms with Gasteiger partial charge in [0.15, 0.2) is 12.4 Å². The predicted octanol–water partition coefficient (Wildman–Crippen LogP) is 1.08. The van der Waals surface area contributed by atoms with Crippen LogP contribution in [0.25, 0.3) is 0 Å². The number of nitrogens with zero attached hydrogens (tertiary/aromatic N) is 2. The van der Waals surface area contributed by atoms with Gasteiger partial charge in [-0.3, -0.25) is 0 Å². The molecule has 4 nitrogen and oxygen atoms in total. The van der Waals surface area contributed by atoms with Crippen molar-refractivity contribution >= 4 is 6.21 Å². The molecule has 0 saturated carbocycles. The summed E-state index contributed by atoms with van der Waals surface area (Å²) >= 11 is 0. The van der Waals surface area contributed by atoms with E-state index >= 15 is 0 Å². The fraction of sp³-hybridized carbons (Fsp3) is 0.333. The molecule has 13 heavy (non-hydrogen) atoms. The van der Waals surface area contributed by atoms with E-state index in [0.717, 1.165) is 16.7 Å². The van der Waals surface area contributed by atoms with Crippen LogP contribution in [0.3, 0.4) is 0 Å². The van der Waals surface area contributed by atoms with Crippen molar-refractivity contribution in [2.45, 2.75) is 13.3 Å². The third kappa shape index (κ3) is 3.55. The molecule has 0 aliphatic rings. The van der Waals surface area contributed by atoms with E-state index in [1.165, 1.54) is 18.6 Å². The van der Waals surface area contributed by atoms with E-state index in [0.29, 0.717) is 6.61 Å². The smallest absolute Gasteiger partial charge is 0.189 e. The Labute approximate surface area is 77.0 Å². The van der Waals surface area contributed by atoms with Gasteiger partial charge in [-0.2, -0.15) is 4.73 Å². The van der Waals surface area contributed by atoms with Crippen LogP contribution >= 0.6 is 0 Å². The van der Waals surface area contributed by atoms with Crippen molar-refractivity contribution in [2.75, 3.05) is 6.61 Å². The van der Waals surface area contributed by atoms with Gasteiger partial charge < -0.3 is 10.0 Å². The largest absolute Gasteiger partial charge is 0.619 e. The van der Waals surface area contributed by atoms with Crippen LogP contribution in [0.4, 0.5) is 0 Å². The molecular weight excluding hydrogens is 168 g/mol. The van der Waals surface area contributed by atoms with Gasteiger partial charge >= 0.3 is 0 Å². The van der Waals surface area contributed by atoms with E-state index in [2.05, 4.69) is 5.16 Å². The highest BCUT2D eigenvalue weighted by Gasteiger charge is 1.91. The van der Waals surface area contributed by atoms with E-state index in [1.54, 1.807) is 12.1 Å². The van der Waals surface area contributed by atoms with E-state index in [9.17, 15) is 5.21 Å². The molecule has 4 heteroatoms. The standard InChI is InChI=1S/C9H12N2O2/c1-2-6-13-10-7-9-4-3-5-11(12)8-9/h3-5,7-8H,2,6H2,1H3/b10-7-. The van der Waals surface area contributed by atoms with Crippen LogP contribution in [0.15, 0.2) is 29.7 Å². The highest BCUT2D eigenvalue weighted by molar-refractivity contribution is 5.77. The molecule has 0 fully saturated rings. The molecule has 0 saturated heterocycles. The van der Waals surface area contributed by atoms with Crippen molar-refractivity contribution in [2.24, 2.45) is 5.16 Å². The zero-order chi connectivity index (χ0) is 9.52. The van der Waals surface area contributed by atoms with Crippen molar-refractivity contribution in [3.8, 4) is 0 Å². The molecule has 1 rings (SSSR count). The average Bonchev–Trinajstić information content (AvgIpc) is 2.13. The first-order valence-electron chi connectivity index (χ1n) is 4.17. The monoisotopic (exact) mass is 180 g/mol. The highest BCUT2D eigenvalue weighted by Crippen LogP contribution is 1.90. The molecule has 0 spiro atoms. The summed E-state index contributed by atoms with van der Waals surface area (Å²) in [6.45, 7) is 2.60. The SMILES string of the molecule is CCCO/N=C\c1ccc[n+]([O-])c1. The van der Waals surface area contributed by atoms with Gasteiger partial charge in [0.05, 0.1) is 11.8 Å². The lowest BCUT2D eigenvalue weighted by atomic mass is 10.3. The zero-order valence-corrected chi connectivity index (χ0v) is 7.51. The molecule has 0 aliphatic carbocycles. The third-order valence-electron chi connectivity index (χ3n) is 1.37. The first-order chi connectivity index (χ1) is 6.33. The Morgan fingerprint density at radius 3 is 3.23 bits per heavy atom. The Morgan fingerprint density at radius 1 is 1.69 bits per heavy atom. The molecule has 0 aliphatic heterocycles. The normalized spacial score (nSPS) is 10.5. The number of aromatic nitrogens is 1. The van der Waals surface area contributed by atoms with Crippen LogP contribution in [-0.4, -0.2) is 12.8 Å². The molecule has 0 N–H and O–H groups in total. The van der Waals surface area contributed by atoms with Gasteiger partial charge in [-0.25, -0.2) is 0 Å². The maximum Gasteiger partial charge on any atom is 0.189 e. The lowest BCUT2D eigenvalue weighted by Gasteiger charge is -1.95. The lowest BCUT2D eigenvalue weighted by molar-refractivity contribution is -0.605. The van der Waals surface area contributed by atoms with E-state index in [-0.39, 0.29) is 0 Å². The van der Waals surface area contributed by atoms with Gasteiger partial charge in [0, 0.05) is 6.07 Å². The van der Waals surface area contributed by atoms with Crippen LogP contribution in [0.1, 0.15) is 18.9 Å². The van der Waals surface area contributed by atoms with Crippen LogP contribution in [0.5, 0.6) is 0 Å². The summed E-state index contributed by atoms with van der Waals surface area (Å²) in [5.41, 5.74) is 0.730. The maximum absolute atomic E-state index is 10.8. The summed E-state index contributed by atoms with van der Waals surface area (Å²) in [6.07, 6.45) is 5.29. The lowest BCUT2D eigenvalue weighted by Crippen LogP contribution is -2.24. The Bertz CT molecular complexity index is 287. The van der Waals surface area contributed by atoms with Crippen LogP contribution < -0.4 is 4.73 Å². The molecule has 1 aromatic rings. The second-order valence-electron chi connectivity index (χ2n) is 2.56. The Morgan fingerprint density at radius 2 is 2.54 bits per heavy atom. The van der Waals surface area contributed by atoms with Crippen molar-refractivity contribution in [1.82, 2.24) is 0 Å². The van der Waals surface area contributed by atoms with Crippen LogP contribution in [0, 0.1) is 5.21 Å². The average molecular weight is 180 g/mol. The fourth-order valence-electron chi connectivity index (χ4n) is 0.790. The molecule has 0 amide bonds. The minimum atomic E-state index is 0.598. The second-order valence-corrected chi connectivity index (χ2v) is 2.56. The predicted molar refractivity (Wildman–Crippen MR) is 49.2 cm³/mol. The molecule has 0 radical (unpaired) electrons. The first-order valence-corrected chi connectivity index (χ1v) is 4.17. The van der Waals surface area contributed by atoms with Gasteiger partial charge in [0.1, 0.15) is 6.61 Å². The summed E-state index contributed by atoms with van der Waals surface area (Å²) in [5, 5.41) is 14.5. The minimum absolute atomic E-state index is 0.598. The molecule has 1 aromatic heterocycles. The summed E-state index contributed by atoms with van der Waals surface area (Å²) in [5.74, 6) is 0. The second kappa shape index (κ2) is 5.13. The van der Waals surface area contributed by atoms with Gasteiger partial charge in [0.25, 0.3) is 0 Å². The maximum atomic E-state index is 10.8. The molecule has 1 heterocycles. The Balaban J connectivity index is 2.48. The van der Waals surface area contributed by atoms with E-state index in [1.807, 2.05) is 6.92 Å². The van der Waals surface area contributed by atoms with Crippen molar-refractivity contribution in [1.29, 1.82) is 0 Å².